The van der Waals surface area contributed by atoms with Gasteiger partial charge in [-0.1, -0.05) is 15.9 Å². The van der Waals surface area contributed by atoms with Crippen molar-refractivity contribution in [2.75, 3.05) is 13.7 Å². The third-order valence-corrected chi connectivity index (χ3v) is 3.20. The van der Waals surface area contributed by atoms with E-state index >= 15 is 0 Å². The topological polar surface area (TPSA) is 55.5 Å². The number of phenols is 1. The first-order valence-corrected chi connectivity index (χ1v) is 5.16. The lowest BCUT2D eigenvalue weighted by atomic mass is 10.1. The van der Waals surface area contributed by atoms with Crippen LogP contribution in [0.1, 0.15) is 11.1 Å². The summed E-state index contributed by atoms with van der Waals surface area (Å²) in [7, 11) is 1.54. The molecule has 1 aromatic rings. The van der Waals surface area contributed by atoms with Crippen LogP contribution in [0.25, 0.3) is 0 Å². The molecule has 0 saturated carbocycles. The highest BCUT2D eigenvalue weighted by molar-refractivity contribution is 9.10. The number of phenolic OH excluding ortho intramolecular Hbond substituents is 1. The Morgan fingerprint density at radius 2 is 2.21 bits per heavy atom. The molecule has 0 aromatic heterocycles. The van der Waals surface area contributed by atoms with Crippen LogP contribution in [0.15, 0.2) is 10.5 Å². The van der Waals surface area contributed by atoms with Crippen LogP contribution in [-0.4, -0.2) is 18.8 Å². The minimum absolute atomic E-state index is 0.176. The van der Waals surface area contributed by atoms with Crippen LogP contribution >= 0.6 is 15.9 Å². The fourth-order valence-electron chi connectivity index (χ4n) is 1.35. The van der Waals surface area contributed by atoms with Gasteiger partial charge in [0.15, 0.2) is 11.5 Å². The molecular formula is C10H14BrNO2. The number of hydrogen-bond donors (Lipinski definition) is 2. The van der Waals surface area contributed by atoms with E-state index in [2.05, 4.69) is 15.9 Å². The Kier molecular flexibility index (Phi) is 3.77. The number of methoxy groups -OCH3 is 1. The largest absolute Gasteiger partial charge is 0.504 e. The number of benzene rings is 1. The smallest absolute Gasteiger partial charge is 0.162 e. The van der Waals surface area contributed by atoms with Crippen molar-refractivity contribution in [1.29, 1.82) is 0 Å². The van der Waals surface area contributed by atoms with E-state index in [1.54, 1.807) is 6.07 Å². The van der Waals surface area contributed by atoms with Gasteiger partial charge in [-0.25, -0.2) is 0 Å². The average molecular weight is 260 g/mol. The Labute approximate surface area is 92.0 Å². The first kappa shape index (κ1) is 11.3. The summed E-state index contributed by atoms with van der Waals surface area (Å²) < 4.78 is 5.96. The van der Waals surface area contributed by atoms with E-state index in [0.29, 0.717) is 18.7 Å². The molecule has 0 fully saturated rings. The quantitative estimate of drug-likeness (QED) is 0.873. The van der Waals surface area contributed by atoms with Crippen LogP contribution in [0.5, 0.6) is 11.5 Å². The van der Waals surface area contributed by atoms with E-state index in [1.807, 2.05) is 6.92 Å². The maximum Gasteiger partial charge on any atom is 0.162 e. The van der Waals surface area contributed by atoms with Gasteiger partial charge in [0.25, 0.3) is 0 Å². The lowest BCUT2D eigenvalue weighted by Gasteiger charge is -2.12. The molecule has 0 aliphatic carbocycles. The molecule has 0 bridgehead atoms. The fraction of sp³-hybridized carbons (Fsp3) is 0.400. The zero-order chi connectivity index (χ0) is 10.7. The van der Waals surface area contributed by atoms with Gasteiger partial charge in [0.05, 0.1) is 7.11 Å². The van der Waals surface area contributed by atoms with Crippen LogP contribution in [-0.2, 0) is 6.42 Å². The summed E-state index contributed by atoms with van der Waals surface area (Å²) in [4.78, 5) is 0. The molecule has 0 spiro atoms. The Morgan fingerprint density at radius 3 is 2.71 bits per heavy atom. The third kappa shape index (κ3) is 2.01. The maximum absolute atomic E-state index is 9.81. The molecule has 3 nitrogen and oxygen atoms in total. The molecule has 4 heteroatoms. The number of aromatic hydroxyl groups is 1. The normalized spacial score (nSPS) is 10.3. The minimum Gasteiger partial charge on any atom is -0.504 e. The number of rotatable bonds is 3. The van der Waals surface area contributed by atoms with Crippen LogP contribution in [0.4, 0.5) is 0 Å². The predicted molar refractivity (Wildman–Crippen MR) is 59.9 cm³/mol. The van der Waals surface area contributed by atoms with Crippen LogP contribution in [0, 0.1) is 6.92 Å². The lowest BCUT2D eigenvalue weighted by Crippen LogP contribution is -2.04. The summed E-state index contributed by atoms with van der Waals surface area (Å²) in [5, 5.41) is 9.81. The van der Waals surface area contributed by atoms with E-state index in [-0.39, 0.29) is 5.75 Å². The van der Waals surface area contributed by atoms with E-state index in [1.165, 1.54) is 7.11 Å². The van der Waals surface area contributed by atoms with Gasteiger partial charge in [0, 0.05) is 10.0 Å². The van der Waals surface area contributed by atoms with Gasteiger partial charge in [-0.2, -0.15) is 0 Å². The van der Waals surface area contributed by atoms with Crippen molar-refractivity contribution in [3.8, 4) is 11.5 Å². The van der Waals surface area contributed by atoms with E-state index in [9.17, 15) is 5.11 Å². The molecule has 14 heavy (non-hydrogen) atoms. The fourth-order valence-corrected chi connectivity index (χ4v) is 1.85. The van der Waals surface area contributed by atoms with Crippen LogP contribution < -0.4 is 10.5 Å². The van der Waals surface area contributed by atoms with Gasteiger partial charge in [0.2, 0.25) is 0 Å². The van der Waals surface area contributed by atoms with Crippen LogP contribution in [0.2, 0.25) is 0 Å². The molecule has 0 unspecified atom stereocenters. The molecule has 0 saturated heterocycles. The molecule has 78 valence electrons. The molecule has 0 atom stereocenters. The lowest BCUT2D eigenvalue weighted by molar-refractivity contribution is 0.370. The van der Waals surface area contributed by atoms with Crippen LogP contribution in [0.3, 0.4) is 0 Å². The van der Waals surface area contributed by atoms with Gasteiger partial charge < -0.3 is 15.6 Å². The Bertz CT molecular complexity index is 339. The standard InChI is InChI=1S/C10H14BrNO2/c1-6-5-8(14-2)10(13)7(3-4-12)9(6)11/h5,13H,3-4,12H2,1-2H3. The third-order valence-electron chi connectivity index (χ3n) is 2.09. The number of ether oxygens (including phenoxy) is 1. The summed E-state index contributed by atoms with van der Waals surface area (Å²) in [6, 6.07) is 1.79. The van der Waals surface area contributed by atoms with E-state index in [0.717, 1.165) is 15.6 Å². The van der Waals surface area contributed by atoms with Crippen molar-refractivity contribution in [1.82, 2.24) is 0 Å². The summed E-state index contributed by atoms with van der Waals surface area (Å²) >= 11 is 3.42. The molecule has 0 aliphatic heterocycles. The summed E-state index contributed by atoms with van der Waals surface area (Å²) in [6.07, 6.45) is 0.629. The van der Waals surface area contributed by atoms with Crippen molar-refractivity contribution in [2.45, 2.75) is 13.3 Å². The van der Waals surface area contributed by atoms with Crippen molar-refractivity contribution < 1.29 is 9.84 Å². The molecule has 1 aromatic carbocycles. The van der Waals surface area contributed by atoms with Gasteiger partial charge in [-0.05, 0) is 31.5 Å². The van der Waals surface area contributed by atoms with Gasteiger partial charge in [-0.15, -0.1) is 0 Å². The van der Waals surface area contributed by atoms with Gasteiger partial charge >= 0.3 is 0 Å². The second-order valence-electron chi connectivity index (χ2n) is 3.08. The summed E-state index contributed by atoms with van der Waals surface area (Å²) in [5.74, 6) is 0.671. The zero-order valence-corrected chi connectivity index (χ0v) is 9.89. The van der Waals surface area contributed by atoms with Gasteiger partial charge in [-0.3, -0.25) is 0 Å². The highest BCUT2D eigenvalue weighted by Crippen LogP contribution is 2.37. The zero-order valence-electron chi connectivity index (χ0n) is 8.30. The SMILES string of the molecule is COc1cc(C)c(Br)c(CCN)c1O. The molecule has 3 N–H and O–H groups in total. The highest BCUT2D eigenvalue weighted by Gasteiger charge is 2.13. The Hall–Kier alpha value is -0.740. The number of halogens is 1. The van der Waals surface area contributed by atoms with Gasteiger partial charge in [0.1, 0.15) is 0 Å². The van der Waals surface area contributed by atoms with Crippen molar-refractivity contribution in [3.05, 3.63) is 21.7 Å². The number of hydrogen-bond acceptors (Lipinski definition) is 3. The summed E-state index contributed by atoms with van der Waals surface area (Å²) in [5.41, 5.74) is 7.31. The number of nitrogens with two attached hydrogens (primary N) is 1. The highest BCUT2D eigenvalue weighted by atomic mass is 79.9. The molecular weight excluding hydrogens is 246 g/mol. The minimum atomic E-state index is 0.176. The second kappa shape index (κ2) is 4.66. The molecule has 0 amide bonds. The molecule has 0 aliphatic rings. The monoisotopic (exact) mass is 259 g/mol. The number of aryl methyl sites for hydroxylation is 1. The molecule has 1 rings (SSSR count). The average Bonchev–Trinajstić information content (AvgIpc) is 2.18. The second-order valence-corrected chi connectivity index (χ2v) is 3.87. The summed E-state index contributed by atoms with van der Waals surface area (Å²) in [6.45, 7) is 2.45. The van der Waals surface area contributed by atoms with Crippen molar-refractivity contribution in [2.24, 2.45) is 5.73 Å². The Morgan fingerprint density at radius 1 is 1.57 bits per heavy atom. The van der Waals surface area contributed by atoms with Crippen molar-refractivity contribution in [3.63, 3.8) is 0 Å². The Balaban J connectivity index is 3.29. The maximum atomic E-state index is 9.81. The predicted octanol–water partition coefficient (Wildman–Crippen LogP) is 1.97. The van der Waals surface area contributed by atoms with Crippen molar-refractivity contribution >= 4 is 15.9 Å². The molecule has 0 heterocycles. The van der Waals surface area contributed by atoms with E-state index < -0.39 is 0 Å². The van der Waals surface area contributed by atoms with E-state index in [4.69, 9.17) is 10.5 Å². The first-order chi connectivity index (χ1) is 6.61. The molecule has 0 radical (unpaired) electrons. The first-order valence-electron chi connectivity index (χ1n) is 4.36.